The van der Waals surface area contributed by atoms with E-state index in [2.05, 4.69) is 5.32 Å². The molecule has 2 aliphatic rings. The lowest BCUT2D eigenvalue weighted by molar-refractivity contribution is -0.143. The topological polar surface area (TPSA) is 126 Å². The van der Waals surface area contributed by atoms with Crippen molar-refractivity contribution in [2.75, 3.05) is 26.1 Å². The Labute approximate surface area is 189 Å². The van der Waals surface area contributed by atoms with Gasteiger partial charge in [-0.15, -0.1) is 0 Å². The number of amides is 1. The summed E-state index contributed by atoms with van der Waals surface area (Å²) in [6, 6.07) is 15.7. The summed E-state index contributed by atoms with van der Waals surface area (Å²) in [4.78, 5) is 40.0. The number of nitrogens with one attached hydrogen (secondary N) is 1. The maximum absolute atomic E-state index is 13.6. The number of ether oxygens (including phenoxy) is 4. The van der Waals surface area contributed by atoms with Crippen molar-refractivity contribution < 1.29 is 33.3 Å². The molecule has 2 heterocycles. The average molecular weight is 450 g/mol. The van der Waals surface area contributed by atoms with Crippen LogP contribution in [-0.4, -0.2) is 38.7 Å². The number of hydrogen-bond acceptors (Lipinski definition) is 8. The molecule has 0 aromatic heterocycles. The number of nitrogens with two attached hydrogens (primary N) is 1. The van der Waals surface area contributed by atoms with E-state index in [0.29, 0.717) is 11.3 Å². The highest BCUT2D eigenvalue weighted by Crippen LogP contribution is 2.52. The SMILES string of the molecule is COCC1=C(C(=O)OC)C2(C(=O)Nc3ccccc32)C(C(=O)OCc2ccccc2)=C(N)O1. The summed E-state index contributed by atoms with van der Waals surface area (Å²) in [7, 11) is 2.56. The molecule has 0 aliphatic carbocycles. The Morgan fingerprint density at radius 3 is 2.36 bits per heavy atom. The predicted octanol–water partition coefficient (Wildman–Crippen LogP) is 1.89. The molecule has 170 valence electrons. The van der Waals surface area contributed by atoms with Crippen LogP contribution in [0.4, 0.5) is 5.69 Å². The second kappa shape index (κ2) is 8.79. The van der Waals surface area contributed by atoms with Crippen LogP contribution in [0, 0.1) is 0 Å². The van der Waals surface area contributed by atoms with Gasteiger partial charge in [0.15, 0.2) is 0 Å². The third-order valence-electron chi connectivity index (χ3n) is 5.51. The van der Waals surface area contributed by atoms with Gasteiger partial charge in [-0.2, -0.15) is 0 Å². The van der Waals surface area contributed by atoms with Crippen LogP contribution in [0.15, 0.2) is 77.4 Å². The Balaban J connectivity index is 1.90. The van der Waals surface area contributed by atoms with Crippen molar-refractivity contribution in [3.05, 3.63) is 88.5 Å². The first kappa shape index (κ1) is 22.1. The Morgan fingerprint density at radius 1 is 0.970 bits per heavy atom. The van der Waals surface area contributed by atoms with Crippen LogP contribution in [0.1, 0.15) is 11.1 Å². The highest BCUT2D eigenvalue weighted by molar-refractivity contribution is 6.21. The van der Waals surface area contributed by atoms with Gasteiger partial charge in [0.1, 0.15) is 35.5 Å². The van der Waals surface area contributed by atoms with Gasteiger partial charge < -0.3 is 30.0 Å². The molecule has 9 nitrogen and oxygen atoms in total. The molecule has 1 spiro atoms. The molecule has 0 bridgehead atoms. The largest absolute Gasteiger partial charge is 0.466 e. The van der Waals surface area contributed by atoms with Crippen molar-refractivity contribution in [2.45, 2.75) is 12.0 Å². The minimum atomic E-state index is -1.94. The van der Waals surface area contributed by atoms with Gasteiger partial charge >= 0.3 is 11.9 Å². The van der Waals surface area contributed by atoms with Crippen LogP contribution in [-0.2, 0) is 45.4 Å². The minimum absolute atomic E-state index is 0.0340. The Kier molecular flexibility index (Phi) is 5.89. The van der Waals surface area contributed by atoms with Crippen LogP contribution in [0.25, 0.3) is 0 Å². The fourth-order valence-electron chi connectivity index (χ4n) is 4.16. The van der Waals surface area contributed by atoms with Gasteiger partial charge in [0.05, 0.1) is 7.11 Å². The molecule has 3 N–H and O–H groups in total. The van der Waals surface area contributed by atoms with Crippen molar-refractivity contribution in [3.8, 4) is 0 Å². The molecule has 1 unspecified atom stereocenters. The van der Waals surface area contributed by atoms with Crippen LogP contribution >= 0.6 is 0 Å². The van der Waals surface area contributed by atoms with Crippen molar-refractivity contribution in [1.82, 2.24) is 0 Å². The van der Waals surface area contributed by atoms with Crippen LogP contribution in [0.3, 0.4) is 0 Å². The fraction of sp³-hybridized carbons (Fsp3) is 0.208. The maximum Gasteiger partial charge on any atom is 0.341 e. The lowest BCUT2D eigenvalue weighted by Gasteiger charge is -2.35. The third kappa shape index (κ3) is 3.52. The second-order valence-electron chi connectivity index (χ2n) is 7.38. The molecule has 0 saturated heterocycles. The van der Waals surface area contributed by atoms with Gasteiger partial charge in [0.2, 0.25) is 11.8 Å². The first-order chi connectivity index (χ1) is 15.9. The van der Waals surface area contributed by atoms with Crippen molar-refractivity contribution in [1.29, 1.82) is 0 Å². The zero-order chi connectivity index (χ0) is 23.6. The van der Waals surface area contributed by atoms with Gasteiger partial charge in [0, 0.05) is 18.4 Å². The van der Waals surface area contributed by atoms with E-state index in [1.165, 1.54) is 14.2 Å². The maximum atomic E-state index is 13.6. The second-order valence-corrected chi connectivity index (χ2v) is 7.38. The summed E-state index contributed by atoms with van der Waals surface area (Å²) < 4.78 is 21.3. The number of carbonyl (C=O) groups is 3. The van der Waals surface area contributed by atoms with Crippen molar-refractivity contribution in [3.63, 3.8) is 0 Å². The molecule has 2 aromatic carbocycles. The minimum Gasteiger partial charge on any atom is -0.466 e. The zero-order valence-electron chi connectivity index (χ0n) is 18.0. The number of rotatable bonds is 6. The molecule has 1 amide bonds. The average Bonchev–Trinajstić information content (AvgIpc) is 3.10. The van der Waals surface area contributed by atoms with E-state index in [0.717, 1.165) is 5.56 Å². The normalized spacial score (nSPS) is 19.2. The number of para-hydroxylation sites is 1. The molecular weight excluding hydrogens is 428 g/mol. The number of benzene rings is 2. The number of esters is 2. The predicted molar refractivity (Wildman–Crippen MR) is 116 cm³/mol. The summed E-state index contributed by atoms with van der Waals surface area (Å²) in [5.41, 5.74) is 5.24. The molecule has 0 fully saturated rings. The lowest BCUT2D eigenvalue weighted by atomic mass is 9.67. The summed E-state index contributed by atoms with van der Waals surface area (Å²) in [6.45, 7) is -0.257. The van der Waals surface area contributed by atoms with E-state index in [9.17, 15) is 14.4 Å². The summed E-state index contributed by atoms with van der Waals surface area (Å²) >= 11 is 0. The van der Waals surface area contributed by atoms with Crippen LogP contribution < -0.4 is 11.1 Å². The van der Waals surface area contributed by atoms with Crippen molar-refractivity contribution >= 4 is 23.5 Å². The summed E-state index contributed by atoms with van der Waals surface area (Å²) in [5.74, 6) is -2.82. The summed E-state index contributed by atoms with van der Waals surface area (Å²) in [6.07, 6.45) is 0. The molecule has 4 rings (SSSR count). The third-order valence-corrected chi connectivity index (χ3v) is 5.51. The van der Waals surface area contributed by atoms with E-state index in [1.807, 2.05) is 6.07 Å². The fourth-order valence-corrected chi connectivity index (χ4v) is 4.16. The number of methoxy groups -OCH3 is 2. The van der Waals surface area contributed by atoms with Crippen LogP contribution in [0.5, 0.6) is 0 Å². The number of carbonyl (C=O) groups excluding carboxylic acids is 3. The highest BCUT2D eigenvalue weighted by atomic mass is 16.6. The molecule has 0 radical (unpaired) electrons. The van der Waals surface area contributed by atoms with Gasteiger partial charge in [-0.3, -0.25) is 4.79 Å². The lowest BCUT2D eigenvalue weighted by Crippen LogP contribution is -2.49. The molecule has 2 aromatic rings. The zero-order valence-corrected chi connectivity index (χ0v) is 18.0. The van der Waals surface area contributed by atoms with E-state index < -0.39 is 23.3 Å². The molecule has 1 atom stereocenters. The number of hydrogen-bond donors (Lipinski definition) is 2. The standard InChI is InChI=1S/C24H22N2O7/c1-30-13-17-18(21(27)31-2)24(15-10-6-7-11-16(15)26-23(24)29)19(20(25)33-17)22(28)32-12-14-8-4-3-5-9-14/h3-11H,12-13,25H2,1-2H3,(H,26,29). The molecule has 9 heteroatoms. The van der Waals surface area contributed by atoms with Gasteiger partial charge in [-0.25, -0.2) is 9.59 Å². The first-order valence-corrected chi connectivity index (χ1v) is 10.1. The van der Waals surface area contributed by atoms with Crippen molar-refractivity contribution in [2.24, 2.45) is 5.73 Å². The highest BCUT2D eigenvalue weighted by Gasteiger charge is 2.62. The van der Waals surface area contributed by atoms with Gasteiger partial charge in [-0.05, 0) is 11.6 Å². The smallest absolute Gasteiger partial charge is 0.341 e. The first-order valence-electron chi connectivity index (χ1n) is 10.1. The van der Waals surface area contributed by atoms with Crippen LogP contribution in [0.2, 0.25) is 0 Å². The molecule has 2 aliphatic heterocycles. The molecular formula is C24H22N2O7. The van der Waals surface area contributed by atoms with E-state index in [1.54, 1.807) is 48.5 Å². The number of fused-ring (bicyclic) bond motifs is 2. The molecule has 33 heavy (non-hydrogen) atoms. The van der Waals surface area contributed by atoms with E-state index in [-0.39, 0.29) is 36.0 Å². The quantitative estimate of drug-likeness (QED) is 0.639. The Morgan fingerprint density at radius 2 is 1.67 bits per heavy atom. The Hall–Kier alpha value is -4.11. The summed E-state index contributed by atoms with van der Waals surface area (Å²) in [5, 5.41) is 2.73. The monoisotopic (exact) mass is 450 g/mol. The molecule has 0 saturated carbocycles. The Bertz CT molecular complexity index is 1190. The van der Waals surface area contributed by atoms with E-state index in [4.69, 9.17) is 24.7 Å². The number of anilines is 1. The van der Waals surface area contributed by atoms with Gasteiger partial charge in [0.25, 0.3) is 0 Å². The van der Waals surface area contributed by atoms with E-state index >= 15 is 0 Å². The van der Waals surface area contributed by atoms with Gasteiger partial charge in [-0.1, -0.05) is 48.5 Å².